The first-order valence-electron chi connectivity index (χ1n) is 8.40. The topological polar surface area (TPSA) is 38.3 Å². The number of rotatable bonds is 7. The maximum atomic E-state index is 12.0. The Morgan fingerprint density at radius 3 is 2.33 bits per heavy atom. The van der Waals surface area contributed by atoms with Crippen molar-refractivity contribution in [1.29, 1.82) is 0 Å². The van der Waals surface area contributed by atoms with Gasteiger partial charge < -0.3 is 10.1 Å². The van der Waals surface area contributed by atoms with Crippen LogP contribution in [0.5, 0.6) is 5.75 Å². The Labute approximate surface area is 144 Å². The van der Waals surface area contributed by atoms with Gasteiger partial charge in [-0.2, -0.15) is 0 Å². The van der Waals surface area contributed by atoms with E-state index in [0.29, 0.717) is 12.5 Å². The average Bonchev–Trinajstić information content (AvgIpc) is 2.59. The van der Waals surface area contributed by atoms with Gasteiger partial charge in [-0.3, -0.25) is 4.79 Å². The molecule has 0 heterocycles. The first-order chi connectivity index (χ1) is 11.6. The third kappa shape index (κ3) is 5.58. The zero-order valence-corrected chi connectivity index (χ0v) is 14.6. The van der Waals surface area contributed by atoms with Crippen molar-refractivity contribution in [2.45, 2.75) is 33.1 Å². The molecular weight excluding hydrogens is 298 g/mol. The molecular formula is C21H25NO2. The highest BCUT2D eigenvalue weighted by Gasteiger charge is 2.01. The lowest BCUT2D eigenvalue weighted by molar-refractivity contribution is -0.111. The second-order valence-electron chi connectivity index (χ2n) is 6.02. The predicted octanol–water partition coefficient (Wildman–Crippen LogP) is 5.25. The average molecular weight is 323 g/mol. The summed E-state index contributed by atoms with van der Waals surface area (Å²) in [7, 11) is 0. The van der Waals surface area contributed by atoms with Crippen LogP contribution in [-0.2, 0) is 4.79 Å². The van der Waals surface area contributed by atoms with E-state index < -0.39 is 0 Å². The zero-order chi connectivity index (χ0) is 17.4. The van der Waals surface area contributed by atoms with Crippen LogP contribution in [0.3, 0.4) is 0 Å². The Morgan fingerprint density at radius 1 is 1.08 bits per heavy atom. The number of hydrogen-bond acceptors (Lipinski definition) is 2. The van der Waals surface area contributed by atoms with Crippen LogP contribution >= 0.6 is 0 Å². The van der Waals surface area contributed by atoms with Crippen LogP contribution in [0.15, 0.2) is 54.6 Å². The number of nitrogens with one attached hydrogen (secondary N) is 1. The Hall–Kier alpha value is -2.55. The standard InChI is InChI=1S/C21H25NO2/c1-4-15-24-20-12-5-17(6-13-20)7-14-21(23)22-19-10-8-18(9-11-19)16(2)3/h5-14,16H,4,15H2,1-3H3,(H,22,23). The van der Waals surface area contributed by atoms with Gasteiger partial charge in [0.1, 0.15) is 5.75 Å². The van der Waals surface area contributed by atoms with E-state index in [1.54, 1.807) is 6.08 Å². The summed E-state index contributed by atoms with van der Waals surface area (Å²) in [4.78, 5) is 12.0. The summed E-state index contributed by atoms with van der Waals surface area (Å²) in [6.45, 7) is 7.09. The minimum absolute atomic E-state index is 0.140. The summed E-state index contributed by atoms with van der Waals surface area (Å²) in [5, 5.41) is 2.87. The summed E-state index contributed by atoms with van der Waals surface area (Å²) in [6.07, 6.45) is 4.32. The van der Waals surface area contributed by atoms with Crippen molar-refractivity contribution in [3.63, 3.8) is 0 Å². The van der Waals surface area contributed by atoms with E-state index in [0.717, 1.165) is 23.4 Å². The minimum atomic E-state index is -0.140. The van der Waals surface area contributed by atoms with Gasteiger partial charge >= 0.3 is 0 Å². The number of carbonyl (C=O) groups is 1. The maximum Gasteiger partial charge on any atom is 0.248 e. The molecule has 0 aliphatic carbocycles. The molecule has 3 nitrogen and oxygen atoms in total. The monoisotopic (exact) mass is 323 g/mol. The van der Waals surface area contributed by atoms with E-state index in [-0.39, 0.29) is 5.91 Å². The first kappa shape index (κ1) is 17.8. The summed E-state index contributed by atoms with van der Waals surface area (Å²) >= 11 is 0. The van der Waals surface area contributed by atoms with Gasteiger partial charge in [0.25, 0.3) is 0 Å². The molecule has 0 saturated heterocycles. The number of anilines is 1. The number of hydrogen-bond donors (Lipinski definition) is 1. The van der Waals surface area contributed by atoms with Crippen molar-refractivity contribution >= 4 is 17.7 Å². The van der Waals surface area contributed by atoms with E-state index in [1.165, 1.54) is 11.6 Å². The fourth-order valence-corrected chi connectivity index (χ4v) is 2.20. The van der Waals surface area contributed by atoms with E-state index in [9.17, 15) is 4.79 Å². The lowest BCUT2D eigenvalue weighted by Gasteiger charge is -2.07. The van der Waals surface area contributed by atoms with Gasteiger partial charge in [0, 0.05) is 11.8 Å². The number of benzene rings is 2. The van der Waals surface area contributed by atoms with Crippen molar-refractivity contribution < 1.29 is 9.53 Å². The molecule has 1 amide bonds. The van der Waals surface area contributed by atoms with Gasteiger partial charge in [0.15, 0.2) is 0 Å². The van der Waals surface area contributed by atoms with E-state index in [4.69, 9.17) is 4.74 Å². The van der Waals surface area contributed by atoms with Crippen LogP contribution in [0, 0.1) is 0 Å². The number of ether oxygens (including phenoxy) is 1. The molecule has 0 atom stereocenters. The third-order valence-corrected chi connectivity index (χ3v) is 3.62. The van der Waals surface area contributed by atoms with Gasteiger partial charge in [-0.25, -0.2) is 0 Å². The van der Waals surface area contributed by atoms with E-state index in [1.807, 2.05) is 48.5 Å². The molecule has 0 radical (unpaired) electrons. The quantitative estimate of drug-likeness (QED) is 0.707. The third-order valence-electron chi connectivity index (χ3n) is 3.62. The molecule has 2 aromatic rings. The van der Waals surface area contributed by atoms with Crippen LogP contribution in [0.1, 0.15) is 44.2 Å². The molecule has 0 aromatic heterocycles. The molecule has 0 fully saturated rings. The number of amides is 1. The summed E-state index contributed by atoms with van der Waals surface area (Å²) < 4.78 is 5.54. The summed E-state index contributed by atoms with van der Waals surface area (Å²) in [6, 6.07) is 15.6. The van der Waals surface area contributed by atoms with Crippen LogP contribution in [0.2, 0.25) is 0 Å². The fourth-order valence-electron chi connectivity index (χ4n) is 2.20. The van der Waals surface area contributed by atoms with Crippen molar-refractivity contribution in [2.24, 2.45) is 0 Å². The maximum absolute atomic E-state index is 12.0. The molecule has 0 aliphatic rings. The van der Waals surface area contributed by atoms with E-state index in [2.05, 4.69) is 26.1 Å². The molecule has 0 aliphatic heterocycles. The molecule has 3 heteroatoms. The molecule has 0 unspecified atom stereocenters. The molecule has 1 N–H and O–H groups in total. The van der Waals surface area contributed by atoms with Crippen LogP contribution < -0.4 is 10.1 Å². The van der Waals surface area contributed by atoms with Gasteiger partial charge in [-0.1, -0.05) is 45.0 Å². The fraction of sp³-hybridized carbons (Fsp3) is 0.286. The number of carbonyl (C=O) groups excluding carboxylic acids is 1. The Kier molecular flexibility index (Phi) is 6.62. The Bertz CT molecular complexity index is 670. The molecule has 126 valence electrons. The molecule has 2 aromatic carbocycles. The SMILES string of the molecule is CCCOc1ccc(C=CC(=O)Nc2ccc(C(C)C)cc2)cc1. The summed E-state index contributed by atoms with van der Waals surface area (Å²) in [5.74, 6) is 1.20. The lowest BCUT2D eigenvalue weighted by Crippen LogP contribution is -2.07. The summed E-state index contributed by atoms with van der Waals surface area (Å²) in [5.41, 5.74) is 3.02. The minimum Gasteiger partial charge on any atom is -0.494 e. The molecule has 0 saturated carbocycles. The Balaban J connectivity index is 1.90. The molecule has 2 rings (SSSR count). The second-order valence-corrected chi connectivity index (χ2v) is 6.02. The van der Waals surface area contributed by atoms with Crippen LogP contribution in [-0.4, -0.2) is 12.5 Å². The highest BCUT2D eigenvalue weighted by atomic mass is 16.5. The normalized spacial score (nSPS) is 11.0. The van der Waals surface area contributed by atoms with Gasteiger partial charge in [0.2, 0.25) is 5.91 Å². The highest BCUT2D eigenvalue weighted by Crippen LogP contribution is 2.17. The van der Waals surface area contributed by atoms with Crippen molar-refractivity contribution in [2.75, 3.05) is 11.9 Å². The second kappa shape index (κ2) is 8.92. The smallest absolute Gasteiger partial charge is 0.248 e. The van der Waals surface area contributed by atoms with Crippen molar-refractivity contribution in [1.82, 2.24) is 0 Å². The first-order valence-corrected chi connectivity index (χ1v) is 8.40. The lowest BCUT2D eigenvalue weighted by atomic mass is 10.0. The molecule has 0 spiro atoms. The van der Waals surface area contributed by atoms with Crippen LogP contribution in [0.4, 0.5) is 5.69 Å². The highest BCUT2D eigenvalue weighted by molar-refractivity contribution is 6.01. The van der Waals surface area contributed by atoms with Gasteiger partial charge in [-0.15, -0.1) is 0 Å². The largest absolute Gasteiger partial charge is 0.494 e. The predicted molar refractivity (Wildman–Crippen MR) is 100 cm³/mol. The van der Waals surface area contributed by atoms with E-state index >= 15 is 0 Å². The zero-order valence-electron chi connectivity index (χ0n) is 14.6. The molecule has 0 bridgehead atoms. The van der Waals surface area contributed by atoms with Gasteiger partial charge in [0.05, 0.1) is 6.61 Å². The van der Waals surface area contributed by atoms with Gasteiger partial charge in [-0.05, 0) is 53.8 Å². The molecule has 24 heavy (non-hydrogen) atoms. The van der Waals surface area contributed by atoms with Crippen molar-refractivity contribution in [3.8, 4) is 5.75 Å². The van der Waals surface area contributed by atoms with Crippen molar-refractivity contribution in [3.05, 3.63) is 65.7 Å². The van der Waals surface area contributed by atoms with Crippen LogP contribution in [0.25, 0.3) is 6.08 Å². The Morgan fingerprint density at radius 2 is 1.75 bits per heavy atom.